The van der Waals surface area contributed by atoms with E-state index in [0.29, 0.717) is 85.0 Å². The van der Waals surface area contributed by atoms with Gasteiger partial charge in [-0.1, -0.05) is 103 Å². The number of aromatic amines is 1. The second-order valence-electron chi connectivity index (χ2n) is 20.0. The molecule has 7 aromatic rings. The fourth-order valence-electron chi connectivity index (χ4n) is 10.6. The highest BCUT2D eigenvalue weighted by Gasteiger charge is 2.54. The number of piperidine rings is 1. The SMILES string of the molecule is O=C(OCC1CCN(Cc2ccccc2)CC1)C(c1ccccc1)c1cccc(OCc2ccc(C(=O)N3CC4(CN(C(=O)c5ccc(CCNC[C@H](O)c6ccc(O)c7[nH]c(=O)ccc67)cc5)C4)C3)cc2)c1. The van der Waals surface area contributed by atoms with E-state index in [1.807, 2.05) is 119 Å². The molecule has 2 amide bonds. The van der Waals surface area contributed by atoms with Crippen LogP contribution in [-0.2, 0) is 29.1 Å². The van der Waals surface area contributed by atoms with E-state index in [1.165, 1.54) is 17.7 Å². The second kappa shape index (κ2) is 22.0. The van der Waals surface area contributed by atoms with Crippen LogP contribution in [0.3, 0.4) is 0 Å². The molecule has 0 saturated carbocycles. The number of esters is 1. The summed E-state index contributed by atoms with van der Waals surface area (Å²) in [5.74, 6) is -0.00952. The van der Waals surface area contributed by atoms with E-state index in [4.69, 9.17) is 9.47 Å². The van der Waals surface area contributed by atoms with Gasteiger partial charge in [-0.3, -0.25) is 24.1 Å². The summed E-state index contributed by atoms with van der Waals surface area (Å²) in [7, 11) is 0. The molecule has 3 fully saturated rings. The van der Waals surface area contributed by atoms with Crippen LogP contribution in [0.4, 0.5) is 0 Å². The Labute approximate surface area is 425 Å². The van der Waals surface area contributed by atoms with Crippen LogP contribution in [-0.4, -0.2) is 107 Å². The summed E-state index contributed by atoms with van der Waals surface area (Å²) in [4.78, 5) is 61.3. The molecule has 374 valence electrons. The summed E-state index contributed by atoms with van der Waals surface area (Å²) in [5.41, 5.74) is 6.66. The lowest BCUT2D eigenvalue weighted by Crippen LogP contribution is -2.73. The molecular weight excluding hydrogens is 919 g/mol. The molecule has 3 aliphatic heterocycles. The molecule has 1 spiro atoms. The van der Waals surface area contributed by atoms with E-state index in [1.54, 1.807) is 12.1 Å². The van der Waals surface area contributed by atoms with E-state index < -0.39 is 12.0 Å². The molecule has 10 rings (SSSR count). The molecule has 3 aliphatic rings. The van der Waals surface area contributed by atoms with Crippen LogP contribution in [0.15, 0.2) is 163 Å². The highest BCUT2D eigenvalue weighted by atomic mass is 16.5. The van der Waals surface area contributed by atoms with Crippen LogP contribution in [0.25, 0.3) is 10.9 Å². The Balaban J connectivity index is 0.650. The van der Waals surface area contributed by atoms with Gasteiger partial charge in [0.1, 0.15) is 24.0 Å². The number of hydrogen-bond acceptors (Lipinski definition) is 10. The Kier molecular flexibility index (Phi) is 14.8. The van der Waals surface area contributed by atoms with Gasteiger partial charge in [-0.05, 0) is 127 Å². The molecule has 6 aromatic carbocycles. The van der Waals surface area contributed by atoms with Crippen molar-refractivity contribution in [3.05, 3.63) is 213 Å². The molecule has 0 bridgehead atoms. The smallest absolute Gasteiger partial charge is 0.317 e. The lowest BCUT2D eigenvalue weighted by molar-refractivity contribution is -0.146. The quantitative estimate of drug-likeness (QED) is 0.0492. The van der Waals surface area contributed by atoms with Gasteiger partial charge in [0.25, 0.3) is 11.8 Å². The number of pyridine rings is 1. The van der Waals surface area contributed by atoms with Crippen molar-refractivity contribution in [2.75, 3.05) is 59.0 Å². The number of aliphatic hydroxyl groups excluding tert-OH is 1. The third-order valence-electron chi connectivity index (χ3n) is 14.7. The maximum absolute atomic E-state index is 13.9. The Morgan fingerprint density at radius 2 is 1.33 bits per heavy atom. The number of rotatable bonds is 18. The van der Waals surface area contributed by atoms with Crippen molar-refractivity contribution in [3.63, 3.8) is 0 Å². The van der Waals surface area contributed by atoms with Crippen LogP contribution >= 0.6 is 0 Å². The minimum Gasteiger partial charge on any atom is -0.506 e. The summed E-state index contributed by atoms with van der Waals surface area (Å²) in [6, 6.07) is 49.1. The fraction of sp³-hybridized carbons (Fsp3) is 0.300. The number of phenolic OH excluding ortho intramolecular Hbond substituents is 1. The van der Waals surface area contributed by atoms with Crippen molar-refractivity contribution in [3.8, 4) is 11.5 Å². The fourth-order valence-corrected chi connectivity index (χ4v) is 10.6. The minimum absolute atomic E-state index is 0.0226. The summed E-state index contributed by atoms with van der Waals surface area (Å²) in [6.07, 6.45) is 1.83. The van der Waals surface area contributed by atoms with Crippen LogP contribution in [0, 0.1) is 11.3 Å². The first-order valence-corrected chi connectivity index (χ1v) is 25.3. The number of nitrogens with one attached hydrogen (secondary N) is 2. The number of aliphatic hydroxyl groups is 1. The zero-order valence-corrected chi connectivity index (χ0v) is 40.8. The van der Waals surface area contributed by atoms with Gasteiger partial charge in [0.15, 0.2) is 0 Å². The number of carbonyl (C=O) groups excluding carboxylic acids is 3. The van der Waals surface area contributed by atoms with Gasteiger partial charge in [0.05, 0.1) is 18.2 Å². The normalized spacial score (nSPS) is 16.3. The van der Waals surface area contributed by atoms with E-state index in [-0.39, 0.29) is 47.7 Å². The monoisotopic (exact) mass is 979 g/mol. The Bertz CT molecular complexity index is 3090. The lowest BCUT2D eigenvalue weighted by atomic mass is 9.72. The van der Waals surface area contributed by atoms with Crippen molar-refractivity contribution in [2.45, 2.75) is 44.4 Å². The molecule has 3 saturated heterocycles. The van der Waals surface area contributed by atoms with Crippen LogP contribution in [0.2, 0.25) is 0 Å². The first-order valence-electron chi connectivity index (χ1n) is 25.3. The van der Waals surface area contributed by atoms with E-state index in [2.05, 4.69) is 39.5 Å². The number of amides is 2. The van der Waals surface area contributed by atoms with Crippen molar-refractivity contribution in [1.82, 2.24) is 25.0 Å². The average Bonchev–Trinajstić information content (AvgIpc) is 3.39. The summed E-state index contributed by atoms with van der Waals surface area (Å²) >= 11 is 0. The maximum atomic E-state index is 13.9. The Morgan fingerprint density at radius 3 is 2.00 bits per heavy atom. The number of aromatic hydroxyl groups is 1. The molecule has 73 heavy (non-hydrogen) atoms. The Hall–Kier alpha value is -7.58. The number of fused-ring (bicyclic) bond motifs is 1. The molecule has 4 heterocycles. The second-order valence-corrected chi connectivity index (χ2v) is 20.0. The van der Waals surface area contributed by atoms with Crippen molar-refractivity contribution < 1.29 is 34.1 Å². The number of ether oxygens (including phenoxy) is 2. The van der Waals surface area contributed by atoms with Gasteiger partial charge in [-0.25, -0.2) is 0 Å². The van der Waals surface area contributed by atoms with E-state index in [0.717, 1.165) is 54.7 Å². The minimum atomic E-state index is -0.845. The molecule has 0 radical (unpaired) electrons. The third kappa shape index (κ3) is 11.5. The number of hydrogen-bond donors (Lipinski definition) is 4. The molecule has 13 nitrogen and oxygen atoms in total. The van der Waals surface area contributed by atoms with Crippen molar-refractivity contribution >= 4 is 28.7 Å². The topological polar surface area (TPSA) is 165 Å². The first kappa shape index (κ1) is 49.0. The highest BCUT2D eigenvalue weighted by Crippen LogP contribution is 2.41. The number of aromatic nitrogens is 1. The zero-order chi connectivity index (χ0) is 50.3. The molecule has 1 unspecified atom stereocenters. The number of benzene rings is 6. The first-order chi connectivity index (χ1) is 35.6. The third-order valence-corrected chi connectivity index (χ3v) is 14.7. The van der Waals surface area contributed by atoms with E-state index in [9.17, 15) is 29.4 Å². The zero-order valence-electron chi connectivity index (χ0n) is 40.8. The van der Waals surface area contributed by atoms with Crippen molar-refractivity contribution in [1.29, 1.82) is 0 Å². The Morgan fingerprint density at radius 1 is 0.699 bits per heavy atom. The molecular formula is C60H61N5O8. The molecule has 13 heteroatoms. The molecule has 2 atom stereocenters. The van der Waals surface area contributed by atoms with Crippen LogP contribution in [0.1, 0.15) is 79.0 Å². The highest BCUT2D eigenvalue weighted by molar-refractivity contribution is 5.96. The lowest BCUT2D eigenvalue weighted by Gasteiger charge is -2.60. The molecule has 0 aliphatic carbocycles. The number of likely N-dealkylation sites (tertiary alicyclic amines) is 3. The number of phenols is 1. The number of H-pyrrole nitrogens is 1. The van der Waals surface area contributed by atoms with Gasteiger partial charge < -0.3 is 39.8 Å². The number of nitrogens with zero attached hydrogens (tertiary/aromatic N) is 3. The van der Waals surface area contributed by atoms with Gasteiger partial charge in [0.2, 0.25) is 5.56 Å². The molecule has 1 aromatic heterocycles. The van der Waals surface area contributed by atoms with Gasteiger partial charge in [-0.15, -0.1) is 0 Å². The largest absolute Gasteiger partial charge is 0.506 e. The maximum Gasteiger partial charge on any atom is 0.317 e. The predicted octanol–water partition coefficient (Wildman–Crippen LogP) is 7.86. The summed E-state index contributed by atoms with van der Waals surface area (Å²) in [5, 5.41) is 24.9. The van der Waals surface area contributed by atoms with Crippen molar-refractivity contribution in [2.24, 2.45) is 11.3 Å². The predicted molar refractivity (Wildman–Crippen MR) is 279 cm³/mol. The van der Waals surface area contributed by atoms with Gasteiger partial charge in [0, 0.05) is 67.3 Å². The molecule has 4 N–H and O–H groups in total. The standard InChI is InChI=1S/C60H61N5O8/c66-52-24-22-50(51-23-25-54(68)62-56(51)52)53(67)33-61-29-26-41-14-18-46(19-15-41)57(69)64-37-60(38-64)39-65(40-60)58(70)47-20-16-43(17-21-47)35-72-49-13-7-12-48(32-49)55(45-10-5-2-6-11-45)59(71)73-36-44-27-30-63(31-28-44)34-42-8-3-1-4-9-42/h1-25,32,44,53,55,61,66-67H,26-31,33-40H2,(H,62,68)/t53-,55?/m0/s1. The average molecular weight is 980 g/mol. The number of carbonyl (C=O) groups is 3. The van der Waals surface area contributed by atoms with Crippen LogP contribution in [0.5, 0.6) is 11.5 Å². The van der Waals surface area contributed by atoms with Gasteiger partial charge in [-0.2, -0.15) is 0 Å². The van der Waals surface area contributed by atoms with E-state index >= 15 is 0 Å². The van der Waals surface area contributed by atoms with Crippen LogP contribution < -0.4 is 15.6 Å². The summed E-state index contributed by atoms with van der Waals surface area (Å²) in [6.45, 7) is 6.89. The summed E-state index contributed by atoms with van der Waals surface area (Å²) < 4.78 is 12.3. The van der Waals surface area contributed by atoms with Gasteiger partial charge >= 0.3 is 5.97 Å².